The Labute approximate surface area is 81.5 Å². The third-order valence-electron chi connectivity index (χ3n) is 1.96. The molecule has 1 aliphatic heterocycles. The lowest BCUT2D eigenvalue weighted by atomic mass is 10.1. The molecule has 76 valence electrons. The van der Waals surface area contributed by atoms with Crippen molar-refractivity contribution >= 4 is 10.0 Å². The lowest BCUT2D eigenvalue weighted by Gasteiger charge is -2.27. The van der Waals surface area contributed by atoms with Crippen LogP contribution in [0.15, 0.2) is 35.7 Å². The highest BCUT2D eigenvalue weighted by Gasteiger charge is 2.27. The molecule has 2 rings (SSSR count). The second-order valence-electron chi connectivity index (χ2n) is 2.95. The minimum absolute atomic E-state index is 0.0534. The normalized spacial score (nSPS) is 29.9. The van der Waals surface area contributed by atoms with Crippen LogP contribution in [0.1, 0.15) is 0 Å². The monoisotopic (exact) mass is 215 g/mol. The van der Waals surface area contributed by atoms with E-state index in [2.05, 4.69) is 0 Å². The zero-order valence-electron chi connectivity index (χ0n) is 7.16. The Morgan fingerprint density at radius 2 is 1.86 bits per heavy atom. The number of rotatable bonds is 1. The van der Waals surface area contributed by atoms with Crippen molar-refractivity contribution in [1.29, 1.82) is 0 Å². The van der Waals surface area contributed by atoms with E-state index >= 15 is 0 Å². The van der Waals surface area contributed by atoms with Gasteiger partial charge in [-0.2, -0.15) is 0 Å². The number of fused-ring (bicyclic) bond motifs is 1. The molecule has 2 aliphatic rings. The fourth-order valence-electron chi connectivity index (χ4n) is 1.29. The first kappa shape index (κ1) is 9.29. The standard InChI is InChI=1S/C8H9NO4S/c9-14(10,11)6-1-2-7-8(5-6)13-4-3-12-7/h1-5,7-8H,(H2,9,10,11). The topological polar surface area (TPSA) is 78.6 Å². The Bertz CT molecular complexity index is 421. The Hall–Kier alpha value is -1.27. The predicted octanol–water partition coefficient (Wildman–Crippen LogP) is -0.0162. The number of hydrogen-bond donors (Lipinski definition) is 1. The van der Waals surface area contributed by atoms with E-state index in [1.165, 1.54) is 24.7 Å². The first-order valence-electron chi connectivity index (χ1n) is 3.96. The molecule has 6 heteroatoms. The van der Waals surface area contributed by atoms with Gasteiger partial charge in [0.15, 0.2) is 12.2 Å². The molecule has 0 radical (unpaired) electrons. The van der Waals surface area contributed by atoms with Crippen LogP contribution in [-0.2, 0) is 19.5 Å². The van der Waals surface area contributed by atoms with Gasteiger partial charge in [0.25, 0.3) is 0 Å². The molecule has 0 spiro atoms. The van der Waals surface area contributed by atoms with E-state index in [1.54, 1.807) is 6.08 Å². The maximum absolute atomic E-state index is 11.0. The van der Waals surface area contributed by atoms with Crippen molar-refractivity contribution in [2.24, 2.45) is 5.14 Å². The average Bonchev–Trinajstić information content (AvgIpc) is 2.16. The molecule has 2 atom stereocenters. The summed E-state index contributed by atoms with van der Waals surface area (Å²) in [5.74, 6) is 0. The van der Waals surface area contributed by atoms with Gasteiger partial charge in [0.1, 0.15) is 12.5 Å². The molecule has 0 aromatic rings. The maximum atomic E-state index is 11.0. The van der Waals surface area contributed by atoms with E-state index in [1.807, 2.05) is 0 Å². The molecule has 0 aromatic heterocycles. The van der Waals surface area contributed by atoms with E-state index in [4.69, 9.17) is 14.6 Å². The third-order valence-corrected chi connectivity index (χ3v) is 2.89. The number of allylic oxidation sites excluding steroid dienone is 1. The molecular weight excluding hydrogens is 206 g/mol. The van der Waals surface area contributed by atoms with Gasteiger partial charge < -0.3 is 9.47 Å². The Morgan fingerprint density at radius 1 is 1.21 bits per heavy atom. The summed E-state index contributed by atoms with van der Waals surface area (Å²) in [6.07, 6.45) is 6.55. The van der Waals surface area contributed by atoms with Crippen molar-refractivity contribution in [3.05, 3.63) is 35.7 Å². The molecule has 0 bridgehead atoms. The molecule has 0 amide bonds. The number of ether oxygens (including phenoxy) is 2. The second kappa shape index (κ2) is 3.14. The van der Waals surface area contributed by atoms with E-state index in [0.29, 0.717) is 0 Å². The zero-order chi connectivity index (χ0) is 10.2. The fourth-order valence-corrected chi connectivity index (χ4v) is 1.88. The minimum Gasteiger partial charge on any atom is -0.487 e. The summed E-state index contributed by atoms with van der Waals surface area (Å²) in [6.45, 7) is 0. The quantitative estimate of drug-likeness (QED) is 0.667. The highest BCUT2D eigenvalue weighted by Crippen LogP contribution is 2.22. The van der Waals surface area contributed by atoms with Gasteiger partial charge in [-0.15, -0.1) is 0 Å². The zero-order valence-corrected chi connectivity index (χ0v) is 7.98. The highest BCUT2D eigenvalue weighted by molar-refractivity contribution is 7.93. The van der Waals surface area contributed by atoms with E-state index in [0.717, 1.165) is 0 Å². The van der Waals surface area contributed by atoms with Crippen molar-refractivity contribution in [3.63, 3.8) is 0 Å². The molecule has 5 nitrogen and oxygen atoms in total. The summed E-state index contributed by atoms with van der Waals surface area (Å²) >= 11 is 0. The number of sulfonamides is 1. The lowest BCUT2D eigenvalue weighted by Crippen LogP contribution is -2.32. The van der Waals surface area contributed by atoms with Gasteiger partial charge in [-0.3, -0.25) is 0 Å². The van der Waals surface area contributed by atoms with Gasteiger partial charge in [0, 0.05) is 0 Å². The first-order valence-corrected chi connectivity index (χ1v) is 5.51. The Balaban J connectivity index is 2.30. The smallest absolute Gasteiger partial charge is 0.237 e. The van der Waals surface area contributed by atoms with Crippen LogP contribution in [0.2, 0.25) is 0 Å². The molecule has 0 aromatic carbocycles. The van der Waals surface area contributed by atoms with Crippen molar-refractivity contribution in [2.75, 3.05) is 0 Å². The predicted molar refractivity (Wildman–Crippen MR) is 49.2 cm³/mol. The van der Waals surface area contributed by atoms with Crippen LogP contribution in [0.3, 0.4) is 0 Å². The van der Waals surface area contributed by atoms with Crippen molar-refractivity contribution in [2.45, 2.75) is 12.2 Å². The Kier molecular flexibility index (Phi) is 2.09. The number of primary sulfonamides is 1. The molecule has 2 N–H and O–H groups in total. The van der Waals surface area contributed by atoms with Crippen LogP contribution in [0.5, 0.6) is 0 Å². The van der Waals surface area contributed by atoms with Crippen molar-refractivity contribution in [3.8, 4) is 0 Å². The van der Waals surface area contributed by atoms with Crippen LogP contribution >= 0.6 is 0 Å². The molecule has 1 heterocycles. The highest BCUT2D eigenvalue weighted by atomic mass is 32.2. The number of nitrogens with two attached hydrogens (primary N) is 1. The maximum Gasteiger partial charge on any atom is 0.237 e. The summed E-state index contributed by atoms with van der Waals surface area (Å²) < 4.78 is 32.3. The van der Waals surface area contributed by atoms with Crippen LogP contribution < -0.4 is 5.14 Å². The summed E-state index contributed by atoms with van der Waals surface area (Å²) in [6, 6.07) is 0. The van der Waals surface area contributed by atoms with Crippen molar-refractivity contribution < 1.29 is 17.9 Å². The largest absolute Gasteiger partial charge is 0.487 e. The van der Waals surface area contributed by atoms with Gasteiger partial charge in [0.2, 0.25) is 10.0 Å². The van der Waals surface area contributed by atoms with Crippen molar-refractivity contribution in [1.82, 2.24) is 0 Å². The van der Waals surface area contributed by atoms with Gasteiger partial charge >= 0.3 is 0 Å². The molecule has 0 saturated heterocycles. The van der Waals surface area contributed by atoms with Gasteiger partial charge in [-0.05, 0) is 18.2 Å². The second-order valence-corrected chi connectivity index (χ2v) is 4.51. The van der Waals surface area contributed by atoms with Gasteiger partial charge in [-0.1, -0.05) is 0 Å². The number of hydrogen-bond acceptors (Lipinski definition) is 4. The van der Waals surface area contributed by atoms with E-state index in [-0.39, 0.29) is 11.0 Å². The third kappa shape index (κ3) is 1.66. The van der Waals surface area contributed by atoms with Crippen LogP contribution in [0.4, 0.5) is 0 Å². The molecule has 0 saturated carbocycles. The average molecular weight is 215 g/mol. The first-order chi connectivity index (χ1) is 6.57. The van der Waals surface area contributed by atoms with Crippen LogP contribution in [0.25, 0.3) is 0 Å². The van der Waals surface area contributed by atoms with E-state index in [9.17, 15) is 8.42 Å². The molecular formula is C8H9NO4S. The van der Waals surface area contributed by atoms with E-state index < -0.39 is 16.1 Å². The SMILES string of the molecule is NS(=O)(=O)C1=CC2OC=COC2C=C1. The van der Waals surface area contributed by atoms with Crippen LogP contribution in [0, 0.1) is 0 Å². The summed E-state index contributed by atoms with van der Waals surface area (Å²) in [5.41, 5.74) is 0. The van der Waals surface area contributed by atoms with Crippen LogP contribution in [-0.4, -0.2) is 20.6 Å². The summed E-state index contributed by atoms with van der Waals surface area (Å²) in [7, 11) is -3.66. The minimum atomic E-state index is -3.66. The summed E-state index contributed by atoms with van der Waals surface area (Å²) in [4.78, 5) is 0.0534. The van der Waals surface area contributed by atoms with Gasteiger partial charge in [-0.25, -0.2) is 13.6 Å². The lowest BCUT2D eigenvalue weighted by molar-refractivity contribution is 0.0179. The molecule has 0 fully saturated rings. The molecule has 2 unspecified atom stereocenters. The Morgan fingerprint density at radius 3 is 2.50 bits per heavy atom. The fraction of sp³-hybridized carbons (Fsp3) is 0.250. The van der Waals surface area contributed by atoms with Gasteiger partial charge in [0.05, 0.1) is 4.91 Å². The molecule has 1 aliphatic carbocycles. The summed E-state index contributed by atoms with van der Waals surface area (Å²) in [5, 5.41) is 4.97. The molecule has 14 heavy (non-hydrogen) atoms.